The summed E-state index contributed by atoms with van der Waals surface area (Å²) in [7, 11) is 0. The molecule has 0 bridgehead atoms. The van der Waals surface area contributed by atoms with E-state index < -0.39 is 0 Å². The van der Waals surface area contributed by atoms with Crippen LogP contribution in [0.5, 0.6) is 0 Å². The van der Waals surface area contributed by atoms with Gasteiger partial charge in [-0.3, -0.25) is 4.90 Å². The summed E-state index contributed by atoms with van der Waals surface area (Å²) in [4.78, 5) is 22.4. The van der Waals surface area contributed by atoms with E-state index in [1.54, 1.807) is 11.3 Å². The Kier molecular flexibility index (Phi) is 4.13. The normalized spacial score (nSPS) is 14.2. The molecule has 0 saturated carbocycles. The molecule has 24 heavy (non-hydrogen) atoms. The van der Waals surface area contributed by atoms with Gasteiger partial charge in [-0.1, -0.05) is 12.1 Å². The summed E-state index contributed by atoms with van der Waals surface area (Å²) in [5, 5.41) is 0.812. The van der Waals surface area contributed by atoms with Crippen molar-refractivity contribution < 1.29 is 14.5 Å². The van der Waals surface area contributed by atoms with Gasteiger partial charge in [0.05, 0.1) is 29.5 Å². The highest BCUT2D eigenvalue weighted by molar-refractivity contribution is 7.18. The lowest BCUT2D eigenvalue weighted by Crippen LogP contribution is -2.28. The maximum absolute atomic E-state index is 12.5. The van der Waals surface area contributed by atoms with E-state index in [1.165, 1.54) is 0 Å². The van der Waals surface area contributed by atoms with Crippen LogP contribution in [0.1, 0.15) is 28.2 Å². The molecule has 2 aromatic heterocycles. The highest BCUT2D eigenvalue weighted by Gasteiger charge is 2.27. The van der Waals surface area contributed by atoms with Crippen molar-refractivity contribution >= 4 is 33.3 Å². The first kappa shape index (κ1) is 15.1. The molecule has 1 fully saturated rings. The Hall–Kier alpha value is -2.47. The van der Waals surface area contributed by atoms with Gasteiger partial charge in [-0.05, 0) is 37.1 Å². The van der Waals surface area contributed by atoms with Crippen LogP contribution in [0, 0.1) is 0 Å². The van der Waals surface area contributed by atoms with Gasteiger partial charge in [0.1, 0.15) is 17.2 Å². The van der Waals surface area contributed by atoms with Gasteiger partial charge in [0.25, 0.3) is 5.82 Å². The third kappa shape index (κ3) is 2.97. The number of carbonyl (C=O) groups is 1. The Labute approximate surface area is 143 Å². The molecule has 4 rings (SSSR count). The fourth-order valence-electron chi connectivity index (χ4n) is 2.98. The second-order valence-electron chi connectivity index (χ2n) is 5.78. The summed E-state index contributed by atoms with van der Waals surface area (Å²) in [6.07, 6.45) is 4.16. The number of anilines is 1. The predicted octanol–water partition coefficient (Wildman–Crippen LogP) is 3.07. The highest BCUT2D eigenvalue weighted by Crippen LogP contribution is 2.24. The number of carbonyl (C=O) groups excluding carboxylic acids is 1. The van der Waals surface area contributed by atoms with E-state index in [-0.39, 0.29) is 12.6 Å². The lowest BCUT2D eigenvalue weighted by Gasteiger charge is -2.11. The van der Waals surface area contributed by atoms with Crippen molar-refractivity contribution in [1.82, 2.24) is 4.98 Å². The molecular formula is C18H18N3O2S+. The number of aromatic nitrogens is 2. The van der Waals surface area contributed by atoms with Crippen LogP contribution in [0.2, 0.25) is 0 Å². The molecule has 0 amide bonds. The zero-order chi connectivity index (χ0) is 16.4. The van der Waals surface area contributed by atoms with Gasteiger partial charge in [-0.25, -0.2) is 14.8 Å². The van der Waals surface area contributed by atoms with Crippen molar-refractivity contribution in [3.63, 3.8) is 0 Å². The Morgan fingerprint density at radius 1 is 1.21 bits per heavy atom. The standard InChI is InChI=1S/C18H17N3O2S/c22-18(13-6-5-9-19-17(13)21-10-3-4-11-21)23-12-16-20-14-7-1-2-8-15(14)24-16/h1-2,5-9H,3-4,10-12H2/p+1. The van der Waals surface area contributed by atoms with E-state index in [4.69, 9.17) is 4.74 Å². The summed E-state index contributed by atoms with van der Waals surface area (Å²) in [6.45, 7) is 2.14. The molecule has 0 radical (unpaired) electrons. The molecule has 1 N–H and O–H groups in total. The number of fused-ring (bicyclic) bond motifs is 1. The molecule has 3 aromatic rings. The first-order chi connectivity index (χ1) is 11.8. The Balaban J connectivity index is 1.50. The van der Waals surface area contributed by atoms with E-state index in [0.717, 1.165) is 47.0 Å². The quantitative estimate of drug-likeness (QED) is 0.685. The van der Waals surface area contributed by atoms with Gasteiger partial charge in [0, 0.05) is 0 Å². The fraction of sp³-hybridized carbons (Fsp3) is 0.278. The van der Waals surface area contributed by atoms with E-state index in [1.807, 2.05) is 42.6 Å². The van der Waals surface area contributed by atoms with Gasteiger partial charge >= 0.3 is 5.97 Å². The molecule has 1 saturated heterocycles. The van der Waals surface area contributed by atoms with E-state index in [0.29, 0.717) is 5.56 Å². The van der Waals surface area contributed by atoms with Gasteiger partial charge in [0.15, 0.2) is 0 Å². The minimum atomic E-state index is -0.312. The average Bonchev–Trinajstić information content (AvgIpc) is 3.28. The Morgan fingerprint density at radius 2 is 2.04 bits per heavy atom. The van der Waals surface area contributed by atoms with E-state index in [9.17, 15) is 4.79 Å². The third-order valence-electron chi connectivity index (χ3n) is 4.14. The molecule has 0 atom stereocenters. The Bertz CT molecular complexity index is 838. The highest BCUT2D eigenvalue weighted by atomic mass is 32.1. The van der Waals surface area contributed by atoms with E-state index in [2.05, 4.69) is 14.9 Å². The number of benzene rings is 1. The SMILES string of the molecule is O=C(OCc1nc2ccccc2s1)c1ccc[nH+]c1N1CCCC1. The van der Waals surface area contributed by atoms with Crippen molar-refractivity contribution in [2.75, 3.05) is 18.0 Å². The number of rotatable bonds is 4. The van der Waals surface area contributed by atoms with Crippen molar-refractivity contribution in [3.8, 4) is 0 Å². The van der Waals surface area contributed by atoms with Crippen LogP contribution in [-0.2, 0) is 11.3 Å². The number of ether oxygens (including phenoxy) is 1. The van der Waals surface area contributed by atoms with Crippen LogP contribution in [0.4, 0.5) is 5.82 Å². The van der Waals surface area contributed by atoms with Gasteiger partial charge in [0.2, 0.25) is 0 Å². The smallest absolute Gasteiger partial charge is 0.346 e. The van der Waals surface area contributed by atoms with Crippen LogP contribution in [0.25, 0.3) is 10.2 Å². The molecule has 122 valence electrons. The molecule has 1 aliphatic heterocycles. The first-order valence-corrected chi connectivity index (χ1v) is 8.90. The summed E-state index contributed by atoms with van der Waals surface area (Å²) >= 11 is 1.56. The summed E-state index contributed by atoms with van der Waals surface area (Å²) in [5.74, 6) is 0.539. The number of esters is 1. The third-order valence-corrected chi connectivity index (χ3v) is 5.15. The number of nitrogens with zero attached hydrogens (tertiary/aromatic N) is 2. The molecule has 5 nitrogen and oxygen atoms in total. The lowest BCUT2D eigenvalue weighted by molar-refractivity contribution is -0.364. The van der Waals surface area contributed by atoms with Crippen LogP contribution >= 0.6 is 11.3 Å². The van der Waals surface area contributed by atoms with E-state index >= 15 is 0 Å². The Morgan fingerprint density at radius 3 is 2.88 bits per heavy atom. The number of pyridine rings is 1. The second kappa shape index (κ2) is 6.57. The lowest BCUT2D eigenvalue weighted by atomic mass is 10.2. The molecule has 3 heterocycles. The predicted molar refractivity (Wildman–Crippen MR) is 93.2 cm³/mol. The summed E-state index contributed by atoms with van der Waals surface area (Å²) in [5.41, 5.74) is 1.53. The summed E-state index contributed by atoms with van der Waals surface area (Å²) in [6, 6.07) is 11.6. The largest absolute Gasteiger partial charge is 0.454 e. The van der Waals surface area contributed by atoms with Gasteiger partial charge in [-0.15, -0.1) is 11.3 Å². The molecule has 0 spiro atoms. The zero-order valence-electron chi connectivity index (χ0n) is 13.2. The minimum absolute atomic E-state index is 0.201. The number of aromatic amines is 1. The number of thiazole rings is 1. The number of para-hydroxylation sites is 1. The maximum Gasteiger partial charge on any atom is 0.346 e. The van der Waals surface area contributed by atoms with Crippen molar-refractivity contribution in [2.24, 2.45) is 0 Å². The van der Waals surface area contributed by atoms with Crippen LogP contribution < -0.4 is 9.88 Å². The van der Waals surface area contributed by atoms with Crippen molar-refractivity contribution in [3.05, 3.63) is 53.2 Å². The molecule has 1 aliphatic rings. The molecule has 6 heteroatoms. The number of hydrogen-bond acceptors (Lipinski definition) is 5. The van der Waals surface area contributed by atoms with Crippen LogP contribution in [-0.4, -0.2) is 24.0 Å². The van der Waals surface area contributed by atoms with Crippen molar-refractivity contribution in [1.29, 1.82) is 0 Å². The fourth-order valence-corrected chi connectivity index (χ4v) is 3.86. The second-order valence-corrected chi connectivity index (χ2v) is 6.89. The molecule has 1 aromatic carbocycles. The van der Waals surface area contributed by atoms with Crippen LogP contribution in [0.3, 0.4) is 0 Å². The molecule has 0 unspecified atom stereocenters. The first-order valence-electron chi connectivity index (χ1n) is 8.08. The summed E-state index contributed by atoms with van der Waals surface area (Å²) < 4.78 is 6.61. The monoisotopic (exact) mass is 340 g/mol. The number of hydrogen-bond donors (Lipinski definition) is 0. The van der Waals surface area contributed by atoms with Gasteiger partial charge in [-0.2, -0.15) is 0 Å². The van der Waals surface area contributed by atoms with Crippen molar-refractivity contribution in [2.45, 2.75) is 19.4 Å². The topological polar surface area (TPSA) is 56.6 Å². The van der Waals surface area contributed by atoms with Gasteiger partial charge < -0.3 is 4.74 Å². The maximum atomic E-state index is 12.5. The number of H-pyrrole nitrogens is 1. The molecule has 0 aliphatic carbocycles. The average molecular weight is 340 g/mol. The zero-order valence-corrected chi connectivity index (χ0v) is 14.0. The van der Waals surface area contributed by atoms with Crippen LogP contribution in [0.15, 0.2) is 42.6 Å². The minimum Gasteiger partial charge on any atom is -0.454 e. The molecular weight excluding hydrogens is 322 g/mol. The number of nitrogens with one attached hydrogen (secondary N) is 1.